The monoisotopic (exact) mass is 361 g/mol. The third-order valence-electron chi connectivity index (χ3n) is 3.83. The Hall–Kier alpha value is -1.80. The zero-order valence-corrected chi connectivity index (χ0v) is 14.5. The van der Waals surface area contributed by atoms with E-state index >= 15 is 0 Å². The van der Waals surface area contributed by atoms with Gasteiger partial charge in [0.25, 0.3) is 0 Å². The number of hydrogen-bond donors (Lipinski definition) is 0. The summed E-state index contributed by atoms with van der Waals surface area (Å²) in [6.07, 6.45) is 4.00. The van der Waals surface area contributed by atoms with E-state index < -0.39 is 0 Å². The maximum atomic E-state index is 5.90. The van der Waals surface area contributed by atoms with Gasteiger partial charge in [0, 0.05) is 18.1 Å². The number of aromatic nitrogens is 4. The summed E-state index contributed by atoms with van der Waals surface area (Å²) in [6, 6.07) is 7.70. The third kappa shape index (κ3) is 3.49. The molecule has 124 valence electrons. The van der Waals surface area contributed by atoms with Gasteiger partial charge < -0.3 is 4.74 Å². The Morgan fingerprint density at radius 2 is 1.92 bits per heavy atom. The van der Waals surface area contributed by atoms with Crippen molar-refractivity contribution in [2.24, 2.45) is 0 Å². The van der Waals surface area contributed by atoms with Crippen molar-refractivity contribution in [1.29, 1.82) is 0 Å². The van der Waals surface area contributed by atoms with E-state index in [-0.39, 0.29) is 0 Å². The number of nitrogens with zero attached hydrogens (tertiary/aromatic N) is 5. The molecule has 4 rings (SSSR count). The highest BCUT2D eigenvalue weighted by molar-refractivity contribution is 7.17. The second-order valence-electron chi connectivity index (χ2n) is 5.52. The zero-order valence-electron chi connectivity index (χ0n) is 12.9. The van der Waals surface area contributed by atoms with Crippen LogP contribution in [0.3, 0.4) is 0 Å². The van der Waals surface area contributed by atoms with Gasteiger partial charge in [0.15, 0.2) is 5.82 Å². The van der Waals surface area contributed by atoms with Crippen LogP contribution in [0.15, 0.2) is 24.3 Å². The third-order valence-corrected chi connectivity index (χ3v) is 4.94. The van der Waals surface area contributed by atoms with Gasteiger partial charge in [-0.25, -0.2) is 0 Å². The minimum absolute atomic E-state index is 0.735. The average molecular weight is 362 g/mol. The van der Waals surface area contributed by atoms with Gasteiger partial charge in [-0.05, 0) is 23.8 Å². The maximum Gasteiger partial charge on any atom is 0.235 e. The summed E-state index contributed by atoms with van der Waals surface area (Å²) >= 11 is 7.42. The molecule has 0 aliphatic carbocycles. The lowest BCUT2D eigenvalue weighted by Crippen LogP contribution is -2.36. The van der Waals surface area contributed by atoms with Crippen molar-refractivity contribution >= 4 is 40.1 Å². The Balaban J connectivity index is 1.51. The van der Waals surface area contributed by atoms with Crippen LogP contribution >= 0.6 is 22.9 Å². The van der Waals surface area contributed by atoms with E-state index in [2.05, 4.69) is 20.2 Å². The van der Waals surface area contributed by atoms with E-state index in [1.54, 1.807) is 0 Å². The quantitative estimate of drug-likeness (QED) is 0.715. The van der Waals surface area contributed by atoms with E-state index in [0.717, 1.165) is 59.2 Å². The van der Waals surface area contributed by atoms with Gasteiger partial charge in [-0.2, -0.15) is 9.61 Å². The van der Waals surface area contributed by atoms with Crippen LogP contribution < -0.4 is 0 Å². The van der Waals surface area contributed by atoms with Crippen molar-refractivity contribution in [3.8, 4) is 0 Å². The Kier molecular flexibility index (Phi) is 4.57. The zero-order chi connectivity index (χ0) is 16.4. The molecular weight excluding hydrogens is 346 g/mol. The van der Waals surface area contributed by atoms with E-state index in [9.17, 15) is 0 Å². The lowest BCUT2D eigenvalue weighted by Gasteiger charge is -2.25. The minimum Gasteiger partial charge on any atom is -0.379 e. The summed E-state index contributed by atoms with van der Waals surface area (Å²) in [5.74, 6) is 0.870. The maximum absolute atomic E-state index is 5.90. The number of morpholine rings is 1. The highest BCUT2D eigenvalue weighted by Crippen LogP contribution is 2.18. The van der Waals surface area contributed by atoms with E-state index in [1.807, 2.05) is 40.9 Å². The number of hydrogen-bond acceptors (Lipinski definition) is 6. The van der Waals surface area contributed by atoms with Gasteiger partial charge in [0.2, 0.25) is 4.96 Å². The Labute approximate surface area is 148 Å². The fourth-order valence-corrected chi connectivity index (χ4v) is 3.42. The van der Waals surface area contributed by atoms with Gasteiger partial charge in [0.1, 0.15) is 5.01 Å². The Bertz CT molecular complexity index is 851. The van der Waals surface area contributed by atoms with Crippen LogP contribution in [-0.2, 0) is 11.3 Å². The smallest absolute Gasteiger partial charge is 0.235 e. The number of ether oxygens (including phenoxy) is 1. The molecule has 0 N–H and O–H groups in total. The standard InChI is InChI=1S/C16H16ClN5OS/c17-13-4-1-12(2-5-13)3-6-15-20-22-14(18-19-16(22)24-15)11-21-7-9-23-10-8-21/h1-6H,7-11H2/b6-3+. The summed E-state index contributed by atoms with van der Waals surface area (Å²) < 4.78 is 7.21. The van der Waals surface area contributed by atoms with Gasteiger partial charge in [0.05, 0.1) is 19.8 Å². The molecule has 0 spiro atoms. The normalized spacial score (nSPS) is 16.4. The largest absolute Gasteiger partial charge is 0.379 e. The first kappa shape index (κ1) is 15.7. The van der Waals surface area contributed by atoms with E-state index in [1.165, 1.54) is 11.3 Å². The number of fused-ring (bicyclic) bond motifs is 1. The topological polar surface area (TPSA) is 55.5 Å². The van der Waals surface area contributed by atoms with Crippen molar-refractivity contribution in [2.75, 3.05) is 26.3 Å². The molecule has 3 aromatic rings. The second kappa shape index (κ2) is 6.98. The molecule has 1 aliphatic heterocycles. The van der Waals surface area contributed by atoms with Crippen LogP contribution in [0.2, 0.25) is 5.02 Å². The average Bonchev–Trinajstić information content (AvgIpc) is 3.17. The molecule has 0 bridgehead atoms. The molecule has 0 saturated carbocycles. The molecule has 0 radical (unpaired) electrons. The van der Waals surface area contributed by atoms with Crippen molar-refractivity contribution in [2.45, 2.75) is 6.54 Å². The minimum atomic E-state index is 0.735. The predicted octanol–water partition coefficient (Wildman–Crippen LogP) is 2.84. The fourth-order valence-electron chi connectivity index (χ4n) is 2.54. The SMILES string of the molecule is Clc1ccc(/C=C/c2nn3c(CN4CCOCC4)nnc3s2)cc1. The first-order valence-electron chi connectivity index (χ1n) is 7.73. The molecule has 1 aliphatic rings. The number of rotatable bonds is 4. The van der Waals surface area contributed by atoms with Crippen LogP contribution in [0, 0.1) is 0 Å². The summed E-state index contributed by atoms with van der Waals surface area (Å²) in [6.45, 7) is 4.13. The van der Waals surface area contributed by atoms with Crippen LogP contribution in [-0.4, -0.2) is 51.0 Å². The molecule has 1 fully saturated rings. The molecule has 0 unspecified atom stereocenters. The van der Waals surface area contributed by atoms with Crippen LogP contribution in [0.1, 0.15) is 16.4 Å². The first-order chi connectivity index (χ1) is 11.8. The Morgan fingerprint density at radius 1 is 1.12 bits per heavy atom. The summed E-state index contributed by atoms with van der Waals surface area (Å²) in [5.41, 5.74) is 1.08. The highest BCUT2D eigenvalue weighted by Gasteiger charge is 2.16. The number of halogens is 1. The van der Waals surface area contributed by atoms with Crippen LogP contribution in [0.25, 0.3) is 17.1 Å². The van der Waals surface area contributed by atoms with Crippen molar-refractivity contribution < 1.29 is 4.74 Å². The van der Waals surface area contributed by atoms with E-state index in [4.69, 9.17) is 16.3 Å². The van der Waals surface area contributed by atoms with Crippen LogP contribution in [0.4, 0.5) is 0 Å². The first-order valence-corrected chi connectivity index (χ1v) is 8.92. The van der Waals surface area contributed by atoms with E-state index in [0.29, 0.717) is 0 Å². The predicted molar refractivity (Wildman–Crippen MR) is 95.1 cm³/mol. The highest BCUT2D eigenvalue weighted by atomic mass is 35.5. The molecule has 8 heteroatoms. The number of benzene rings is 1. The molecule has 1 saturated heterocycles. The molecule has 1 aromatic carbocycles. The summed E-state index contributed by atoms with van der Waals surface area (Å²) in [7, 11) is 0. The van der Waals surface area contributed by atoms with Crippen molar-refractivity contribution in [3.05, 3.63) is 45.7 Å². The van der Waals surface area contributed by atoms with Gasteiger partial charge >= 0.3 is 0 Å². The summed E-state index contributed by atoms with van der Waals surface area (Å²) in [4.78, 5) is 3.12. The van der Waals surface area contributed by atoms with Gasteiger partial charge in [-0.3, -0.25) is 4.90 Å². The molecule has 0 atom stereocenters. The van der Waals surface area contributed by atoms with Crippen LogP contribution in [0.5, 0.6) is 0 Å². The summed E-state index contributed by atoms with van der Waals surface area (Å²) in [5, 5.41) is 14.7. The second-order valence-corrected chi connectivity index (χ2v) is 6.95. The fraction of sp³-hybridized carbons (Fsp3) is 0.312. The Morgan fingerprint density at radius 3 is 2.71 bits per heavy atom. The van der Waals surface area contributed by atoms with Crippen molar-refractivity contribution in [1.82, 2.24) is 24.7 Å². The molecular formula is C16H16ClN5OS. The van der Waals surface area contributed by atoms with Gasteiger partial charge in [-0.1, -0.05) is 41.1 Å². The lowest BCUT2D eigenvalue weighted by molar-refractivity contribution is 0.0328. The molecule has 2 aromatic heterocycles. The van der Waals surface area contributed by atoms with Gasteiger partial charge in [-0.15, -0.1) is 10.2 Å². The molecule has 24 heavy (non-hydrogen) atoms. The molecule has 3 heterocycles. The van der Waals surface area contributed by atoms with Crippen molar-refractivity contribution in [3.63, 3.8) is 0 Å². The molecule has 6 nitrogen and oxygen atoms in total. The molecule has 0 amide bonds. The lowest BCUT2D eigenvalue weighted by atomic mass is 10.2.